The summed E-state index contributed by atoms with van der Waals surface area (Å²) in [5.41, 5.74) is 11.9. The van der Waals surface area contributed by atoms with Crippen LogP contribution in [0.5, 0.6) is 0 Å². The summed E-state index contributed by atoms with van der Waals surface area (Å²) in [4.78, 5) is 56.2. The molecule has 5 atom stereocenters. The number of aromatic nitrogens is 3. The lowest BCUT2D eigenvalue weighted by Crippen LogP contribution is -2.60. The van der Waals surface area contributed by atoms with Crippen molar-refractivity contribution in [2.75, 3.05) is 58.4 Å². The fourth-order valence-corrected chi connectivity index (χ4v) is 10.5. The molecule has 61 heavy (non-hydrogen) atoms. The first-order valence-electron chi connectivity index (χ1n) is 21.7. The predicted octanol–water partition coefficient (Wildman–Crippen LogP) is 5.78. The second-order valence-corrected chi connectivity index (χ2v) is 19.3. The van der Waals surface area contributed by atoms with Gasteiger partial charge in [-0.05, 0) is 81.8 Å². The maximum atomic E-state index is 14.2. The summed E-state index contributed by atoms with van der Waals surface area (Å²) >= 11 is 1.40. The minimum absolute atomic E-state index is 0.0702. The molecular weight excluding hydrogens is 803 g/mol. The predicted molar refractivity (Wildman–Crippen MR) is 229 cm³/mol. The molecule has 0 unspecified atom stereocenters. The number of anilines is 1. The Morgan fingerprint density at radius 1 is 1.10 bits per heavy atom. The number of esters is 1. The van der Waals surface area contributed by atoms with Crippen molar-refractivity contribution < 1.29 is 32.6 Å². The second kappa shape index (κ2) is 16.6. The zero-order valence-corrected chi connectivity index (χ0v) is 36.5. The van der Waals surface area contributed by atoms with Crippen LogP contribution in [0.15, 0.2) is 29.8 Å². The molecule has 1 aliphatic carbocycles. The van der Waals surface area contributed by atoms with Crippen LogP contribution in [0.25, 0.3) is 33.4 Å². The molecule has 2 N–H and O–H groups in total. The van der Waals surface area contributed by atoms with Gasteiger partial charge in [0.05, 0.1) is 52.2 Å². The van der Waals surface area contributed by atoms with Crippen LogP contribution in [0.2, 0.25) is 0 Å². The number of amides is 2. The van der Waals surface area contributed by atoms with E-state index in [0.717, 1.165) is 90.4 Å². The largest absolute Gasteiger partial charge is 0.464 e. The van der Waals surface area contributed by atoms with Crippen LogP contribution in [-0.2, 0) is 49.7 Å². The molecule has 16 heteroatoms. The monoisotopic (exact) mass is 858 g/mol. The number of nitrogens with zero attached hydrogens (tertiary/aromatic N) is 6. The number of carbonyl (C=O) groups excluding carboxylic acids is 3. The number of benzene rings is 1. The summed E-state index contributed by atoms with van der Waals surface area (Å²) in [7, 11) is 3.87. The summed E-state index contributed by atoms with van der Waals surface area (Å²) in [5.74, 6) is -3.33. The van der Waals surface area contributed by atoms with Crippen molar-refractivity contribution in [1.29, 1.82) is 0 Å². The first kappa shape index (κ1) is 41.8. The fraction of sp³-hybridized carbons (Fsp3) is 0.578. The molecule has 3 fully saturated rings. The SMILES string of the molecule is CO[C@@H](C)c1ncc(N2CCN(C)CC2)cc1-c1c2c3cc(cc4c3n1CCC4)-c1csc(n1)C[C@H](NC(=O)[C@H]1C[C@@H]1C(F)F)C(=O)N1CCC[C@H](N1)C(=O)OCC(C)(C)C2. The van der Waals surface area contributed by atoms with Crippen LogP contribution >= 0.6 is 11.3 Å². The normalized spacial score (nSPS) is 25.0. The third kappa shape index (κ3) is 8.28. The highest BCUT2D eigenvalue weighted by Gasteiger charge is 2.50. The highest BCUT2D eigenvalue weighted by atomic mass is 32.1. The van der Waals surface area contributed by atoms with E-state index < -0.39 is 53.5 Å². The number of pyridine rings is 1. The number of alkyl halides is 2. The van der Waals surface area contributed by atoms with Crippen molar-refractivity contribution >= 4 is 45.7 Å². The average molecular weight is 859 g/mol. The van der Waals surface area contributed by atoms with Gasteiger partial charge in [0.25, 0.3) is 5.91 Å². The number of nitrogens with one attached hydrogen (secondary N) is 2. The van der Waals surface area contributed by atoms with Gasteiger partial charge in [0.2, 0.25) is 12.3 Å². The summed E-state index contributed by atoms with van der Waals surface area (Å²) < 4.78 is 41.5. The van der Waals surface area contributed by atoms with Crippen molar-refractivity contribution in [3.63, 3.8) is 0 Å². The molecular formula is C45H56F2N8O5S. The minimum Gasteiger partial charge on any atom is -0.464 e. The number of hydrazine groups is 1. The zero-order valence-electron chi connectivity index (χ0n) is 35.6. The summed E-state index contributed by atoms with van der Waals surface area (Å²) in [6, 6.07) is 4.90. The van der Waals surface area contributed by atoms with Crippen molar-refractivity contribution in [2.45, 2.75) is 96.9 Å². The van der Waals surface area contributed by atoms with Gasteiger partial charge >= 0.3 is 5.97 Å². The number of likely N-dealkylation sites (N-methyl/N-ethyl adjacent to an activating group) is 1. The van der Waals surface area contributed by atoms with Crippen LogP contribution < -0.4 is 15.6 Å². The Balaban J connectivity index is 1.18. The zero-order chi connectivity index (χ0) is 42.7. The molecule has 2 amide bonds. The Morgan fingerprint density at radius 2 is 1.90 bits per heavy atom. The number of thiazole rings is 1. The van der Waals surface area contributed by atoms with Gasteiger partial charge < -0.3 is 29.2 Å². The summed E-state index contributed by atoms with van der Waals surface area (Å²) in [5, 5.41) is 7.90. The van der Waals surface area contributed by atoms with E-state index in [1.165, 1.54) is 27.4 Å². The molecule has 5 aliphatic rings. The van der Waals surface area contributed by atoms with Gasteiger partial charge in [-0.1, -0.05) is 13.8 Å². The Bertz CT molecular complexity index is 2340. The number of cyclic esters (lactones) is 1. The molecule has 4 aliphatic heterocycles. The molecule has 6 bridgehead atoms. The van der Waals surface area contributed by atoms with E-state index in [-0.39, 0.29) is 25.6 Å². The van der Waals surface area contributed by atoms with Crippen LogP contribution in [0.1, 0.15) is 74.4 Å². The number of hydrogen-bond donors (Lipinski definition) is 2. The number of aryl methyl sites for hydroxylation is 2. The van der Waals surface area contributed by atoms with Crippen LogP contribution in [0, 0.1) is 17.3 Å². The quantitative estimate of drug-likeness (QED) is 0.221. The van der Waals surface area contributed by atoms with Crippen molar-refractivity contribution in [2.24, 2.45) is 17.3 Å². The standard InChI is InChI=1S/C45H56F2N8O5S/c1-25(59-5)38-32(18-28(22-48-38)53-14-12-52(4)13-15-53)40-33-21-45(2,3)24-60-44(58)34-9-7-11-55(51-34)43(57)35(50-42(56)31-19-30(31)41(46)47)20-37-49-36(23-61-37)27-16-26-8-6-10-54(40)39(26)29(33)17-27/h16-18,22-23,25,30-31,34-35,41,51H,6-15,19-21,24H2,1-5H3,(H,50,56)/t25-,30-,31-,34-,35-/m0/s1. The van der Waals surface area contributed by atoms with Gasteiger partial charge in [-0.2, -0.15) is 0 Å². The van der Waals surface area contributed by atoms with Gasteiger partial charge in [-0.15, -0.1) is 11.3 Å². The van der Waals surface area contributed by atoms with E-state index in [0.29, 0.717) is 30.8 Å². The van der Waals surface area contributed by atoms with Gasteiger partial charge in [-0.3, -0.25) is 24.4 Å². The van der Waals surface area contributed by atoms with Gasteiger partial charge in [0.15, 0.2) is 0 Å². The van der Waals surface area contributed by atoms with E-state index in [4.69, 9.17) is 19.4 Å². The molecule has 1 saturated carbocycles. The molecule has 0 radical (unpaired) electrons. The minimum atomic E-state index is -2.60. The Hall–Kier alpha value is -4.51. The highest BCUT2D eigenvalue weighted by molar-refractivity contribution is 7.10. The maximum Gasteiger partial charge on any atom is 0.324 e. The summed E-state index contributed by atoms with van der Waals surface area (Å²) in [6.45, 7) is 11.3. The van der Waals surface area contributed by atoms with Crippen molar-refractivity contribution in [1.82, 2.24) is 35.2 Å². The Kier molecular flexibility index (Phi) is 11.4. The summed E-state index contributed by atoms with van der Waals surface area (Å²) in [6.07, 6.45) is 2.70. The highest BCUT2D eigenvalue weighted by Crippen LogP contribution is 2.46. The Morgan fingerprint density at radius 3 is 2.66 bits per heavy atom. The number of hydrogen-bond acceptors (Lipinski definition) is 11. The smallest absolute Gasteiger partial charge is 0.324 e. The van der Waals surface area contributed by atoms with E-state index in [1.807, 2.05) is 18.5 Å². The topological polar surface area (TPSA) is 134 Å². The molecule has 4 aromatic rings. The number of methoxy groups -OCH3 is 1. The first-order chi connectivity index (χ1) is 29.3. The number of rotatable bonds is 7. The van der Waals surface area contributed by atoms with Crippen molar-refractivity contribution in [3.05, 3.63) is 51.6 Å². The number of ether oxygens (including phenoxy) is 2. The molecule has 9 rings (SSSR count). The number of halogens is 2. The fourth-order valence-electron chi connectivity index (χ4n) is 9.63. The lowest BCUT2D eigenvalue weighted by Gasteiger charge is -2.35. The number of piperazine rings is 1. The van der Waals surface area contributed by atoms with Gasteiger partial charge in [-0.25, -0.2) is 19.2 Å². The lowest BCUT2D eigenvalue weighted by molar-refractivity contribution is -0.155. The molecule has 1 aromatic carbocycles. The third-order valence-electron chi connectivity index (χ3n) is 13.3. The van der Waals surface area contributed by atoms with Crippen LogP contribution in [0.4, 0.5) is 14.5 Å². The Labute approximate surface area is 359 Å². The third-order valence-corrected chi connectivity index (χ3v) is 14.1. The molecule has 0 spiro atoms. The number of fused-ring (bicyclic) bond motifs is 6. The van der Waals surface area contributed by atoms with Crippen LogP contribution in [0.3, 0.4) is 0 Å². The average Bonchev–Trinajstić information content (AvgIpc) is 3.85. The molecule has 326 valence electrons. The van der Waals surface area contributed by atoms with E-state index in [1.54, 1.807) is 7.11 Å². The van der Waals surface area contributed by atoms with E-state index in [9.17, 15) is 23.2 Å². The lowest BCUT2D eigenvalue weighted by atomic mass is 9.84. The molecule has 7 heterocycles. The maximum absolute atomic E-state index is 14.2. The van der Waals surface area contributed by atoms with E-state index >= 15 is 0 Å². The van der Waals surface area contributed by atoms with Gasteiger partial charge in [0, 0.05) is 91.9 Å². The number of carbonyl (C=O) groups is 3. The van der Waals surface area contributed by atoms with Crippen molar-refractivity contribution in [3.8, 4) is 22.5 Å². The first-order valence-corrected chi connectivity index (χ1v) is 22.6. The van der Waals surface area contributed by atoms with E-state index in [2.05, 4.69) is 64.2 Å². The van der Waals surface area contributed by atoms with Crippen LogP contribution in [-0.4, -0.2) is 114 Å². The molecule has 2 saturated heterocycles. The molecule has 13 nitrogen and oxygen atoms in total. The van der Waals surface area contributed by atoms with Gasteiger partial charge in [0.1, 0.15) is 12.1 Å². The molecule has 3 aromatic heterocycles. The second-order valence-electron chi connectivity index (χ2n) is 18.4.